The van der Waals surface area contributed by atoms with Crippen LogP contribution in [0.3, 0.4) is 0 Å². The smallest absolute Gasteiger partial charge is 0.304 e. The number of hydrogen-bond acceptors (Lipinski definition) is 4. The van der Waals surface area contributed by atoms with E-state index < -0.39 is 5.97 Å². The first-order valence-electron chi connectivity index (χ1n) is 6.77. The Hall–Kier alpha value is -0.520. The lowest BCUT2D eigenvalue weighted by Gasteiger charge is -2.25. The van der Waals surface area contributed by atoms with E-state index in [0.29, 0.717) is 13.2 Å². The Morgan fingerprint density at radius 2 is 2.05 bits per heavy atom. The molecule has 0 aliphatic rings. The number of rotatable bonds is 11. The third kappa shape index (κ3) is 17.5. The zero-order valence-electron chi connectivity index (χ0n) is 12.7. The average Bonchev–Trinajstić information content (AvgIpc) is 2.36. The largest absolute Gasteiger partial charge is 0.481 e. The van der Waals surface area contributed by atoms with Crippen LogP contribution < -0.4 is 5.32 Å². The molecule has 4 nitrogen and oxygen atoms in total. The van der Waals surface area contributed by atoms with Gasteiger partial charge in [0, 0.05) is 12.3 Å². The standard InChI is InChI=1S/C12H23NO3S.C2H6/c1-4-17-10-9-16-12(2,3)6-8-13-7-5-11(14)15;1-2/h4,13H,1,5-10H2,2-3H3,(H,14,15);1-2H3. The number of ether oxygens (including phenoxy) is 1. The fraction of sp³-hybridized carbons (Fsp3) is 0.786. The molecule has 0 saturated carbocycles. The van der Waals surface area contributed by atoms with Crippen LogP contribution in [0.5, 0.6) is 0 Å². The Morgan fingerprint density at radius 1 is 1.42 bits per heavy atom. The minimum Gasteiger partial charge on any atom is -0.481 e. The van der Waals surface area contributed by atoms with Crippen molar-refractivity contribution < 1.29 is 14.6 Å². The summed E-state index contributed by atoms with van der Waals surface area (Å²) in [5, 5.41) is 13.4. The van der Waals surface area contributed by atoms with Crippen LogP contribution in [-0.4, -0.2) is 42.1 Å². The second-order valence-electron chi connectivity index (χ2n) is 4.29. The maximum atomic E-state index is 10.3. The number of carbonyl (C=O) groups is 1. The van der Waals surface area contributed by atoms with Crippen molar-refractivity contribution in [1.82, 2.24) is 5.32 Å². The summed E-state index contributed by atoms with van der Waals surface area (Å²) in [7, 11) is 0. The highest BCUT2D eigenvalue weighted by Gasteiger charge is 2.17. The minimum atomic E-state index is -0.769. The monoisotopic (exact) mass is 291 g/mol. The van der Waals surface area contributed by atoms with E-state index in [1.165, 1.54) is 0 Å². The van der Waals surface area contributed by atoms with Gasteiger partial charge in [0.2, 0.25) is 0 Å². The lowest BCUT2D eigenvalue weighted by atomic mass is 10.1. The molecule has 0 atom stereocenters. The summed E-state index contributed by atoms with van der Waals surface area (Å²) < 4.78 is 5.73. The van der Waals surface area contributed by atoms with Gasteiger partial charge in [-0.05, 0) is 32.2 Å². The maximum Gasteiger partial charge on any atom is 0.304 e. The molecule has 19 heavy (non-hydrogen) atoms. The van der Waals surface area contributed by atoms with Crippen molar-refractivity contribution in [3.63, 3.8) is 0 Å². The van der Waals surface area contributed by atoms with Gasteiger partial charge in [0.25, 0.3) is 0 Å². The molecule has 114 valence electrons. The predicted octanol–water partition coefficient (Wildman–Crippen LogP) is 3.14. The summed E-state index contributed by atoms with van der Waals surface area (Å²) in [5.74, 6) is 0.147. The fourth-order valence-corrected chi connectivity index (χ4v) is 1.58. The van der Waals surface area contributed by atoms with Gasteiger partial charge < -0.3 is 15.2 Å². The van der Waals surface area contributed by atoms with Crippen molar-refractivity contribution >= 4 is 17.7 Å². The SMILES string of the molecule is C=CSCCOC(C)(C)CCNCCC(=O)O.CC. The van der Waals surface area contributed by atoms with E-state index in [2.05, 4.69) is 11.9 Å². The molecular weight excluding hydrogens is 262 g/mol. The molecule has 0 radical (unpaired) electrons. The van der Waals surface area contributed by atoms with Gasteiger partial charge >= 0.3 is 5.97 Å². The molecule has 0 saturated heterocycles. The van der Waals surface area contributed by atoms with Crippen LogP contribution in [0.2, 0.25) is 0 Å². The molecule has 5 heteroatoms. The molecule has 0 unspecified atom stereocenters. The van der Waals surface area contributed by atoms with Crippen molar-refractivity contribution in [3.8, 4) is 0 Å². The van der Waals surface area contributed by atoms with E-state index in [1.807, 2.05) is 33.1 Å². The van der Waals surface area contributed by atoms with Gasteiger partial charge in [0.1, 0.15) is 0 Å². The molecule has 0 aliphatic carbocycles. The Labute approximate surface area is 122 Å². The Bertz CT molecular complexity index is 233. The molecule has 2 N–H and O–H groups in total. The fourth-order valence-electron chi connectivity index (χ4n) is 1.23. The summed E-state index contributed by atoms with van der Waals surface area (Å²) in [4.78, 5) is 10.3. The van der Waals surface area contributed by atoms with Gasteiger partial charge in [0.05, 0.1) is 18.6 Å². The van der Waals surface area contributed by atoms with Crippen LogP contribution in [-0.2, 0) is 9.53 Å². The van der Waals surface area contributed by atoms with Crippen LogP contribution in [0.4, 0.5) is 0 Å². The van der Waals surface area contributed by atoms with E-state index in [4.69, 9.17) is 9.84 Å². The summed E-state index contributed by atoms with van der Waals surface area (Å²) in [6.07, 6.45) is 1.03. The molecule has 0 heterocycles. The highest BCUT2D eigenvalue weighted by atomic mass is 32.2. The second kappa shape index (κ2) is 13.9. The third-order valence-electron chi connectivity index (χ3n) is 2.23. The molecule has 0 aromatic heterocycles. The van der Waals surface area contributed by atoms with E-state index in [9.17, 15) is 4.79 Å². The van der Waals surface area contributed by atoms with Crippen molar-refractivity contribution in [1.29, 1.82) is 0 Å². The Morgan fingerprint density at radius 3 is 2.58 bits per heavy atom. The van der Waals surface area contributed by atoms with E-state index in [-0.39, 0.29) is 12.0 Å². The predicted molar refractivity (Wildman–Crippen MR) is 83.8 cm³/mol. The van der Waals surface area contributed by atoms with Gasteiger partial charge in [-0.25, -0.2) is 0 Å². The van der Waals surface area contributed by atoms with Crippen LogP contribution >= 0.6 is 11.8 Å². The van der Waals surface area contributed by atoms with Gasteiger partial charge in [-0.1, -0.05) is 20.4 Å². The lowest BCUT2D eigenvalue weighted by molar-refractivity contribution is -0.136. The van der Waals surface area contributed by atoms with E-state index in [1.54, 1.807) is 11.8 Å². The Kier molecular flexibility index (Phi) is 15.2. The highest BCUT2D eigenvalue weighted by Crippen LogP contribution is 2.14. The molecule has 0 amide bonds. The van der Waals surface area contributed by atoms with Crippen molar-refractivity contribution in [2.45, 2.75) is 46.1 Å². The summed E-state index contributed by atoms with van der Waals surface area (Å²) in [6, 6.07) is 0. The minimum absolute atomic E-state index is 0.164. The number of nitrogens with one attached hydrogen (secondary N) is 1. The first-order chi connectivity index (χ1) is 8.98. The molecule has 0 bridgehead atoms. The van der Waals surface area contributed by atoms with E-state index >= 15 is 0 Å². The molecule has 0 spiro atoms. The zero-order chi connectivity index (χ0) is 15.1. The van der Waals surface area contributed by atoms with Crippen LogP contribution in [0.15, 0.2) is 12.0 Å². The maximum absolute atomic E-state index is 10.3. The van der Waals surface area contributed by atoms with Gasteiger partial charge in [-0.3, -0.25) is 4.79 Å². The van der Waals surface area contributed by atoms with Gasteiger partial charge in [0.15, 0.2) is 0 Å². The van der Waals surface area contributed by atoms with Crippen LogP contribution in [0.25, 0.3) is 0 Å². The van der Waals surface area contributed by atoms with Crippen molar-refractivity contribution in [2.75, 3.05) is 25.4 Å². The summed E-state index contributed by atoms with van der Waals surface area (Å²) >= 11 is 1.64. The highest BCUT2D eigenvalue weighted by molar-refractivity contribution is 8.02. The number of carboxylic acid groups (broad SMARTS) is 1. The van der Waals surface area contributed by atoms with Crippen LogP contribution in [0, 0.1) is 0 Å². The van der Waals surface area contributed by atoms with Gasteiger partial charge in [-0.15, -0.1) is 11.8 Å². The zero-order valence-corrected chi connectivity index (χ0v) is 13.5. The second-order valence-corrected chi connectivity index (χ2v) is 5.36. The number of hydrogen-bond donors (Lipinski definition) is 2. The van der Waals surface area contributed by atoms with Crippen molar-refractivity contribution in [2.24, 2.45) is 0 Å². The third-order valence-corrected chi connectivity index (χ3v) is 2.87. The number of thioether (sulfide) groups is 1. The van der Waals surface area contributed by atoms with Crippen molar-refractivity contribution in [3.05, 3.63) is 12.0 Å². The average molecular weight is 291 g/mol. The summed E-state index contributed by atoms with van der Waals surface area (Å²) in [5.41, 5.74) is -0.169. The topological polar surface area (TPSA) is 58.6 Å². The van der Waals surface area contributed by atoms with Crippen LogP contribution in [0.1, 0.15) is 40.5 Å². The Balaban J connectivity index is 0. The molecular formula is C14H29NO3S. The normalized spacial score (nSPS) is 10.5. The summed E-state index contributed by atoms with van der Waals surface area (Å²) in [6.45, 7) is 13.7. The van der Waals surface area contributed by atoms with Gasteiger partial charge in [-0.2, -0.15) is 0 Å². The number of carboxylic acids is 1. The molecule has 0 aliphatic heterocycles. The molecule has 0 aromatic carbocycles. The first kappa shape index (κ1) is 20.8. The molecule has 0 fully saturated rings. The quantitative estimate of drug-likeness (QED) is 0.573. The molecule has 0 aromatic rings. The van der Waals surface area contributed by atoms with E-state index in [0.717, 1.165) is 18.7 Å². The lowest BCUT2D eigenvalue weighted by Crippen LogP contribution is -2.31. The number of aliphatic carboxylic acids is 1. The molecule has 0 rings (SSSR count). The first-order valence-corrected chi connectivity index (χ1v) is 7.82.